The van der Waals surface area contributed by atoms with Gasteiger partial charge in [0, 0.05) is 37.0 Å². The van der Waals surface area contributed by atoms with Crippen LogP contribution in [0, 0.1) is 0 Å². The van der Waals surface area contributed by atoms with E-state index in [0.717, 1.165) is 22.0 Å². The first-order chi connectivity index (χ1) is 20.9. The van der Waals surface area contributed by atoms with Gasteiger partial charge in [-0.3, -0.25) is 14.9 Å². The minimum atomic E-state index is -0.650. The highest BCUT2D eigenvalue weighted by Crippen LogP contribution is 2.27. The molecule has 0 saturated carbocycles. The Bertz CT molecular complexity index is 1520. The molecule has 1 aliphatic rings. The molecule has 3 atom stereocenters. The van der Waals surface area contributed by atoms with E-state index in [4.69, 9.17) is 11.5 Å². The maximum absolute atomic E-state index is 14.2. The number of nitrogens with two attached hydrogens (primary N) is 2. The van der Waals surface area contributed by atoms with Gasteiger partial charge in [-0.25, -0.2) is 9.98 Å². The molecule has 1 aliphatic heterocycles. The topological polar surface area (TPSA) is 139 Å². The van der Waals surface area contributed by atoms with Gasteiger partial charge in [-0.2, -0.15) is 0 Å². The molecule has 1 aromatic heterocycles. The number of aromatic nitrogens is 1. The maximum atomic E-state index is 14.2. The molecular formula is C34H39N7O2. The molecule has 6 N–H and O–H groups in total. The van der Waals surface area contributed by atoms with Gasteiger partial charge in [0.15, 0.2) is 5.96 Å². The summed E-state index contributed by atoms with van der Waals surface area (Å²) in [6.07, 6.45) is 1.21. The molecule has 0 spiro atoms. The second kappa shape index (κ2) is 13.9. The molecule has 9 nitrogen and oxygen atoms in total. The second-order valence-electron chi connectivity index (χ2n) is 10.9. The van der Waals surface area contributed by atoms with Crippen molar-refractivity contribution in [3.05, 3.63) is 114 Å². The van der Waals surface area contributed by atoms with Crippen molar-refractivity contribution in [3.63, 3.8) is 0 Å². The molecule has 4 aromatic rings. The van der Waals surface area contributed by atoms with Crippen molar-refractivity contribution in [2.24, 2.45) is 16.5 Å². The SMILES string of the molecule is CCC(N=C(N)N)[C@@H]1N[C@H](CNC(=O)c2ccc3ccccc3n2)CCN(CC(c2ccccc2)c2ccccc2)C1=O. The number of nitrogens with zero attached hydrogens (tertiary/aromatic N) is 3. The van der Waals surface area contributed by atoms with Crippen LogP contribution in [-0.4, -0.2) is 65.4 Å². The molecule has 0 bridgehead atoms. The van der Waals surface area contributed by atoms with Crippen LogP contribution in [0.4, 0.5) is 0 Å². The van der Waals surface area contributed by atoms with E-state index in [1.54, 1.807) is 6.07 Å². The van der Waals surface area contributed by atoms with E-state index < -0.39 is 12.1 Å². The van der Waals surface area contributed by atoms with Crippen molar-refractivity contribution in [3.8, 4) is 0 Å². The molecule has 1 fully saturated rings. The maximum Gasteiger partial charge on any atom is 0.269 e. The van der Waals surface area contributed by atoms with Gasteiger partial charge in [-0.15, -0.1) is 0 Å². The molecule has 1 unspecified atom stereocenters. The minimum absolute atomic E-state index is 0.00890. The van der Waals surface area contributed by atoms with Crippen molar-refractivity contribution in [1.29, 1.82) is 0 Å². The molecule has 1 saturated heterocycles. The number of pyridine rings is 1. The molecule has 222 valence electrons. The van der Waals surface area contributed by atoms with Gasteiger partial charge in [0.25, 0.3) is 5.91 Å². The number of hydrogen-bond acceptors (Lipinski definition) is 5. The van der Waals surface area contributed by atoms with Gasteiger partial charge in [-0.05, 0) is 36.1 Å². The van der Waals surface area contributed by atoms with Crippen molar-refractivity contribution in [2.75, 3.05) is 19.6 Å². The average molecular weight is 578 g/mol. The monoisotopic (exact) mass is 577 g/mol. The standard InChI is InChI=1S/C34H39N7O2/c1-2-28(40-34(35)36)31-33(43)41(22-27(23-11-5-3-6-12-23)24-13-7-4-8-14-24)20-19-26(38-31)21-37-32(42)30-18-17-25-15-9-10-16-29(25)39-30/h3-18,26-28,31,38H,2,19-22H2,1H3,(H,37,42)(H4,35,36,40)/t26-,28?,31-/m0/s1. The lowest BCUT2D eigenvalue weighted by atomic mass is 9.90. The van der Waals surface area contributed by atoms with Crippen LogP contribution in [0.15, 0.2) is 102 Å². The predicted octanol–water partition coefficient (Wildman–Crippen LogP) is 3.41. The van der Waals surface area contributed by atoms with E-state index in [0.29, 0.717) is 38.2 Å². The normalized spacial score (nSPS) is 17.8. The number of carbonyl (C=O) groups is 2. The van der Waals surface area contributed by atoms with E-state index in [-0.39, 0.29) is 29.7 Å². The Balaban J connectivity index is 1.37. The summed E-state index contributed by atoms with van der Waals surface area (Å²) in [4.78, 5) is 38.1. The van der Waals surface area contributed by atoms with Gasteiger partial charge >= 0.3 is 0 Å². The molecule has 5 rings (SSSR count). The molecule has 0 aliphatic carbocycles. The lowest BCUT2D eigenvalue weighted by Crippen LogP contribution is -2.54. The number of carbonyl (C=O) groups excluding carboxylic acids is 2. The Kier molecular flexibility index (Phi) is 9.63. The van der Waals surface area contributed by atoms with Gasteiger partial charge in [0.1, 0.15) is 11.7 Å². The number of guanidine groups is 1. The summed E-state index contributed by atoms with van der Waals surface area (Å²) in [5.74, 6) is -0.388. The van der Waals surface area contributed by atoms with Crippen LogP contribution >= 0.6 is 0 Å². The van der Waals surface area contributed by atoms with Crippen LogP contribution in [-0.2, 0) is 4.79 Å². The molecule has 43 heavy (non-hydrogen) atoms. The van der Waals surface area contributed by atoms with Crippen molar-refractivity contribution in [2.45, 2.75) is 43.8 Å². The third-order valence-electron chi connectivity index (χ3n) is 8.01. The van der Waals surface area contributed by atoms with Crippen molar-refractivity contribution in [1.82, 2.24) is 20.5 Å². The number of para-hydroxylation sites is 1. The number of nitrogens with one attached hydrogen (secondary N) is 2. The van der Waals surface area contributed by atoms with E-state index in [1.165, 1.54) is 0 Å². The summed E-state index contributed by atoms with van der Waals surface area (Å²) in [6.45, 7) is 3.30. The zero-order valence-electron chi connectivity index (χ0n) is 24.4. The highest BCUT2D eigenvalue weighted by atomic mass is 16.2. The predicted molar refractivity (Wildman–Crippen MR) is 171 cm³/mol. The molecule has 2 heterocycles. The molecular weight excluding hydrogens is 538 g/mol. The minimum Gasteiger partial charge on any atom is -0.370 e. The Morgan fingerprint density at radius 2 is 1.63 bits per heavy atom. The largest absolute Gasteiger partial charge is 0.370 e. The first kappa shape index (κ1) is 29.7. The average Bonchev–Trinajstić information content (AvgIpc) is 3.19. The summed E-state index contributed by atoms with van der Waals surface area (Å²) in [6, 6.07) is 30.5. The van der Waals surface area contributed by atoms with E-state index in [2.05, 4.69) is 44.9 Å². The van der Waals surface area contributed by atoms with Crippen LogP contribution in [0.3, 0.4) is 0 Å². The fraction of sp³-hybridized carbons (Fsp3) is 0.294. The number of benzene rings is 3. The third-order valence-corrected chi connectivity index (χ3v) is 8.01. The lowest BCUT2D eigenvalue weighted by molar-refractivity contribution is -0.133. The fourth-order valence-corrected chi connectivity index (χ4v) is 5.73. The zero-order valence-corrected chi connectivity index (χ0v) is 24.4. The van der Waals surface area contributed by atoms with Crippen LogP contribution in [0.25, 0.3) is 10.9 Å². The first-order valence-corrected chi connectivity index (χ1v) is 14.8. The van der Waals surface area contributed by atoms with E-state index in [1.807, 2.05) is 78.6 Å². The first-order valence-electron chi connectivity index (χ1n) is 14.8. The second-order valence-corrected chi connectivity index (χ2v) is 10.9. The Morgan fingerprint density at radius 3 is 2.28 bits per heavy atom. The van der Waals surface area contributed by atoms with Crippen LogP contribution < -0.4 is 22.1 Å². The molecule has 0 radical (unpaired) electrons. The smallest absolute Gasteiger partial charge is 0.269 e. The quantitative estimate of drug-likeness (QED) is 0.168. The zero-order chi connectivity index (χ0) is 30.2. The Morgan fingerprint density at radius 1 is 0.977 bits per heavy atom. The van der Waals surface area contributed by atoms with E-state index in [9.17, 15) is 9.59 Å². The van der Waals surface area contributed by atoms with Crippen molar-refractivity contribution < 1.29 is 9.59 Å². The van der Waals surface area contributed by atoms with Gasteiger partial charge in [-0.1, -0.05) is 91.9 Å². The third kappa shape index (κ3) is 7.37. The van der Waals surface area contributed by atoms with Crippen LogP contribution in [0.2, 0.25) is 0 Å². The number of aliphatic imine (C=N–C) groups is 1. The van der Waals surface area contributed by atoms with E-state index >= 15 is 0 Å². The number of rotatable bonds is 10. The number of hydrogen-bond donors (Lipinski definition) is 4. The fourth-order valence-electron chi connectivity index (χ4n) is 5.73. The summed E-state index contributed by atoms with van der Waals surface area (Å²) in [7, 11) is 0. The summed E-state index contributed by atoms with van der Waals surface area (Å²) in [5.41, 5.74) is 14.9. The molecule has 9 heteroatoms. The van der Waals surface area contributed by atoms with Crippen molar-refractivity contribution >= 4 is 28.7 Å². The number of fused-ring (bicyclic) bond motifs is 1. The van der Waals surface area contributed by atoms with Crippen LogP contribution in [0.5, 0.6) is 0 Å². The van der Waals surface area contributed by atoms with Crippen LogP contribution in [0.1, 0.15) is 47.3 Å². The highest BCUT2D eigenvalue weighted by Gasteiger charge is 2.37. The summed E-state index contributed by atoms with van der Waals surface area (Å²) >= 11 is 0. The van der Waals surface area contributed by atoms with Gasteiger partial charge < -0.3 is 21.7 Å². The summed E-state index contributed by atoms with van der Waals surface area (Å²) < 4.78 is 0. The van der Waals surface area contributed by atoms with Gasteiger partial charge in [0.2, 0.25) is 5.91 Å². The highest BCUT2D eigenvalue weighted by molar-refractivity contribution is 5.94. The Labute approximate surface area is 252 Å². The molecule has 3 aromatic carbocycles. The van der Waals surface area contributed by atoms with Gasteiger partial charge in [0.05, 0.1) is 11.6 Å². The number of amides is 2. The molecule has 2 amide bonds. The summed E-state index contributed by atoms with van der Waals surface area (Å²) in [5, 5.41) is 7.49. The Hall–Kier alpha value is -4.76. The lowest BCUT2D eigenvalue weighted by Gasteiger charge is -2.31.